The molecule has 0 bridgehead atoms. The van der Waals surface area contributed by atoms with Gasteiger partial charge in [0, 0.05) is 24.5 Å². The van der Waals surface area contributed by atoms with E-state index in [9.17, 15) is 0 Å². The van der Waals surface area contributed by atoms with E-state index in [0.717, 1.165) is 23.1 Å². The maximum Gasteiger partial charge on any atom is 0.161 e. The van der Waals surface area contributed by atoms with E-state index in [-0.39, 0.29) is 0 Å². The van der Waals surface area contributed by atoms with Crippen molar-refractivity contribution in [3.8, 4) is 5.75 Å². The van der Waals surface area contributed by atoms with Gasteiger partial charge in [0.2, 0.25) is 0 Å². The fourth-order valence-corrected chi connectivity index (χ4v) is 1.78. The number of thiol groups is 1. The van der Waals surface area contributed by atoms with E-state index in [1.54, 1.807) is 0 Å². The highest BCUT2D eigenvalue weighted by Gasteiger charge is 2.06. The zero-order valence-electron chi connectivity index (χ0n) is 7.66. The second-order valence-electron chi connectivity index (χ2n) is 3.12. The number of benzene rings is 1. The van der Waals surface area contributed by atoms with Gasteiger partial charge in [-0.25, -0.2) is 0 Å². The third-order valence-corrected chi connectivity index (χ3v) is 2.47. The second kappa shape index (κ2) is 3.94. The first-order valence-electron chi connectivity index (χ1n) is 4.47. The van der Waals surface area contributed by atoms with E-state index in [0.29, 0.717) is 6.54 Å². The quantitative estimate of drug-likeness (QED) is 0.533. The van der Waals surface area contributed by atoms with E-state index < -0.39 is 0 Å². The van der Waals surface area contributed by atoms with Crippen molar-refractivity contribution in [2.75, 3.05) is 6.54 Å². The summed E-state index contributed by atoms with van der Waals surface area (Å²) in [7, 11) is 0. The zero-order chi connectivity index (χ0) is 9.97. The van der Waals surface area contributed by atoms with Crippen LogP contribution in [0.3, 0.4) is 0 Å². The van der Waals surface area contributed by atoms with Crippen LogP contribution in [0.5, 0.6) is 5.75 Å². The minimum atomic E-state index is 0.652. The Balaban J connectivity index is 2.57. The Kier molecular flexibility index (Phi) is 2.65. The number of aromatic nitrogens is 1. The van der Waals surface area contributed by atoms with Crippen LogP contribution in [0.4, 0.5) is 0 Å². The number of rotatable bonds is 3. The van der Waals surface area contributed by atoms with Gasteiger partial charge in [-0.1, -0.05) is 12.1 Å². The van der Waals surface area contributed by atoms with Gasteiger partial charge in [-0.15, -0.1) is 0 Å². The van der Waals surface area contributed by atoms with Crippen molar-refractivity contribution >= 4 is 23.8 Å². The molecule has 74 valence electrons. The normalized spacial score (nSPS) is 10.7. The van der Waals surface area contributed by atoms with Crippen molar-refractivity contribution in [2.45, 2.75) is 6.42 Å². The Morgan fingerprint density at radius 2 is 2.29 bits per heavy atom. The van der Waals surface area contributed by atoms with Crippen molar-refractivity contribution in [1.82, 2.24) is 4.98 Å². The summed E-state index contributed by atoms with van der Waals surface area (Å²) < 4.78 is 4.95. The molecule has 0 saturated carbocycles. The molecule has 1 aromatic heterocycles. The van der Waals surface area contributed by atoms with Crippen LogP contribution in [0.2, 0.25) is 0 Å². The monoisotopic (exact) mass is 208 g/mol. The maximum absolute atomic E-state index is 5.52. The van der Waals surface area contributed by atoms with Crippen LogP contribution in [-0.4, -0.2) is 11.5 Å². The fraction of sp³-hybridized carbons (Fsp3) is 0.200. The summed E-state index contributed by atoms with van der Waals surface area (Å²) >= 11 is 3.80. The lowest BCUT2D eigenvalue weighted by Gasteiger charge is -2.00. The standard InChI is InChI=1S/C10H12N2OS/c11-5-4-7-6-12-10-8(7)2-1-3-9(10)13-14/h1-3,6,12,14H,4-5,11H2. The number of fused-ring (bicyclic) bond motifs is 1. The predicted octanol–water partition coefficient (Wildman–Crippen LogP) is 1.89. The Bertz CT molecular complexity index is 439. The molecule has 14 heavy (non-hydrogen) atoms. The van der Waals surface area contributed by atoms with Gasteiger partial charge in [-0.05, 0) is 24.6 Å². The van der Waals surface area contributed by atoms with E-state index in [4.69, 9.17) is 9.92 Å². The summed E-state index contributed by atoms with van der Waals surface area (Å²) in [5.41, 5.74) is 7.72. The molecular weight excluding hydrogens is 196 g/mol. The molecule has 1 aromatic carbocycles. The Morgan fingerprint density at radius 1 is 1.43 bits per heavy atom. The van der Waals surface area contributed by atoms with Gasteiger partial charge in [-0.3, -0.25) is 0 Å². The van der Waals surface area contributed by atoms with Gasteiger partial charge in [0.25, 0.3) is 0 Å². The van der Waals surface area contributed by atoms with Gasteiger partial charge in [0.05, 0.1) is 5.52 Å². The SMILES string of the molecule is NCCc1c[nH]c2c(OS)cccc12. The maximum atomic E-state index is 5.52. The molecule has 2 rings (SSSR count). The molecule has 0 aliphatic carbocycles. The van der Waals surface area contributed by atoms with Crippen molar-refractivity contribution in [1.29, 1.82) is 0 Å². The van der Waals surface area contributed by atoms with E-state index >= 15 is 0 Å². The summed E-state index contributed by atoms with van der Waals surface area (Å²) in [6, 6.07) is 5.87. The third kappa shape index (κ3) is 1.47. The lowest BCUT2D eigenvalue weighted by atomic mass is 10.1. The molecule has 3 N–H and O–H groups in total. The van der Waals surface area contributed by atoms with Gasteiger partial charge >= 0.3 is 0 Å². The molecule has 4 heteroatoms. The molecule has 0 unspecified atom stereocenters. The van der Waals surface area contributed by atoms with Crippen LogP contribution in [0.15, 0.2) is 24.4 Å². The zero-order valence-corrected chi connectivity index (χ0v) is 8.55. The highest BCUT2D eigenvalue weighted by molar-refractivity contribution is 7.75. The summed E-state index contributed by atoms with van der Waals surface area (Å²) in [5, 5.41) is 1.15. The van der Waals surface area contributed by atoms with Gasteiger partial charge in [0.1, 0.15) is 0 Å². The number of H-pyrrole nitrogens is 1. The van der Waals surface area contributed by atoms with Crippen LogP contribution in [0.25, 0.3) is 10.9 Å². The van der Waals surface area contributed by atoms with Gasteiger partial charge in [-0.2, -0.15) is 0 Å². The summed E-state index contributed by atoms with van der Waals surface area (Å²) in [6.45, 7) is 0.652. The topological polar surface area (TPSA) is 51.0 Å². The van der Waals surface area contributed by atoms with Crippen LogP contribution in [0.1, 0.15) is 5.56 Å². The molecular formula is C10H12N2OS. The number of nitrogens with one attached hydrogen (secondary N) is 1. The first-order valence-corrected chi connectivity index (χ1v) is 4.84. The van der Waals surface area contributed by atoms with Crippen LogP contribution < -0.4 is 9.92 Å². The summed E-state index contributed by atoms with van der Waals surface area (Å²) in [4.78, 5) is 3.16. The summed E-state index contributed by atoms with van der Waals surface area (Å²) in [5.74, 6) is 0.745. The van der Waals surface area contributed by atoms with Crippen molar-refractivity contribution in [2.24, 2.45) is 5.73 Å². The Morgan fingerprint density at radius 3 is 3.00 bits per heavy atom. The molecule has 0 aliphatic heterocycles. The fourth-order valence-electron chi connectivity index (χ4n) is 1.62. The summed E-state index contributed by atoms with van der Waals surface area (Å²) in [6.07, 6.45) is 2.84. The highest BCUT2D eigenvalue weighted by Crippen LogP contribution is 2.27. The molecule has 0 spiro atoms. The molecule has 0 aliphatic rings. The average Bonchev–Trinajstić information content (AvgIpc) is 2.62. The predicted molar refractivity (Wildman–Crippen MR) is 60.7 cm³/mol. The largest absolute Gasteiger partial charge is 0.427 e. The first kappa shape index (κ1) is 9.43. The lowest BCUT2D eigenvalue weighted by molar-refractivity contribution is 0.665. The molecule has 0 radical (unpaired) electrons. The third-order valence-electron chi connectivity index (χ3n) is 2.27. The highest BCUT2D eigenvalue weighted by atomic mass is 32.1. The number of aromatic amines is 1. The number of hydrogen-bond donors (Lipinski definition) is 3. The molecule has 0 atom stereocenters. The number of hydrogen-bond acceptors (Lipinski definition) is 3. The molecule has 0 amide bonds. The van der Waals surface area contributed by atoms with E-state index in [2.05, 4.69) is 17.9 Å². The molecule has 0 fully saturated rings. The molecule has 2 aromatic rings. The van der Waals surface area contributed by atoms with Crippen LogP contribution in [0, 0.1) is 0 Å². The van der Waals surface area contributed by atoms with E-state index in [1.807, 2.05) is 24.4 Å². The molecule has 1 heterocycles. The van der Waals surface area contributed by atoms with E-state index in [1.165, 1.54) is 5.56 Å². The van der Waals surface area contributed by atoms with Gasteiger partial charge < -0.3 is 14.9 Å². The van der Waals surface area contributed by atoms with Crippen molar-refractivity contribution in [3.63, 3.8) is 0 Å². The Labute approximate surface area is 87.9 Å². The average molecular weight is 208 g/mol. The molecule has 3 nitrogen and oxygen atoms in total. The van der Waals surface area contributed by atoms with Crippen LogP contribution in [-0.2, 0) is 6.42 Å². The smallest absolute Gasteiger partial charge is 0.161 e. The number of nitrogens with two attached hydrogens (primary N) is 1. The number of para-hydroxylation sites is 1. The van der Waals surface area contributed by atoms with Crippen molar-refractivity contribution in [3.05, 3.63) is 30.0 Å². The first-order chi connectivity index (χ1) is 6.86. The van der Waals surface area contributed by atoms with Gasteiger partial charge in [0.15, 0.2) is 5.75 Å². The molecule has 0 saturated heterocycles. The van der Waals surface area contributed by atoms with Crippen molar-refractivity contribution < 1.29 is 4.18 Å². The Hall–Kier alpha value is -1.13. The lowest BCUT2D eigenvalue weighted by Crippen LogP contribution is -2.01. The second-order valence-corrected chi connectivity index (χ2v) is 3.31. The minimum Gasteiger partial charge on any atom is -0.427 e. The van der Waals surface area contributed by atoms with Crippen LogP contribution >= 0.6 is 12.9 Å². The minimum absolute atomic E-state index is 0.652.